The minimum atomic E-state index is -0.354. The van der Waals surface area contributed by atoms with Crippen LogP contribution in [0.4, 0.5) is 0 Å². The van der Waals surface area contributed by atoms with Gasteiger partial charge in [0.2, 0.25) is 0 Å². The molecule has 0 fully saturated rings. The van der Waals surface area contributed by atoms with Crippen molar-refractivity contribution in [1.82, 2.24) is 0 Å². The van der Waals surface area contributed by atoms with Crippen molar-refractivity contribution in [3.63, 3.8) is 0 Å². The summed E-state index contributed by atoms with van der Waals surface area (Å²) < 4.78 is 4.44. The summed E-state index contributed by atoms with van der Waals surface area (Å²) >= 11 is 0. The fraction of sp³-hybridized carbons (Fsp3) is 0.375. The quantitative estimate of drug-likeness (QED) is 0.371. The average Bonchev–Trinajstić information content (AvgIpc) is 2.03. The van der Waals surface area contributed by atoms with Crippen molar-refractivity contribution in [3.8, 4) is 0 Å². The van der Waals surface area contributed by atoms with E-state index in [4.69, 9.17) is 5.11 Å². The highest BCUT2D eigenvalue weighted by atomic mass is 16.5. The summed E-state index contributed by atoms with van der Waals surface area (Å²) in [5, 5.41) is 8.34. The molecule has 0 heterocycles. The first-order chi connectivity index (χ1) is 5.22. The number of aliphatic hydroxyl groups is 1. The highest BCUT2D eigenvalue weighted by molar-refractivity contribution is 5.87. The van der Waals surface area contributed by atoms with Crippen molar-refractivity contribution in [2.45, 2.75) is 6.92 Å². The van der Waals surface area contributed by atoms with Gasteiger partial charge in [0.15, 0.2) is 0 Å². The molecule has 0 aliphatic carbocycles. The van der Waals surface area contributed by atoms with Crippen molar-refractivity contribution in [1.29, 1.82) is 0 Å². The lowest BCUT2D eigenvalue weighted by atomic mass is 10.3. The topological polar surface area (TPSA) is 46.5 Å². The third-order valence-corrected chi connectivity index (χ3v) is 1.10. The standard InChI is InChI=1S/C8H12O3/c1-7(8(10)11-2)5-3-4-6-9/h3-5,9H,6H2,1-2H3/b4-3+,7-5+. The van der Waals surface area contributed by atoms with Crippen molar-refractivity contribution >= 4 is 5.97 Å². The number of carbonyl (C=O) groups excluding carboxylic acids is 1. The predicted molar refractivity (Wildman–Crippen MR) is 42.0 cm³/mol. The van der Waals surface area contributed by atoms with Crippen LogP contribution in [-0.2, 0) is 9.53 Å². The van der Waals surface area contributed by atoms with Gasteiger partial charge in [-0.25, -0.2) is 4.79 Å². The van der Waals surface area contributed by atoms with Crippen LogP contribution < -0.4 is 0 Å². The fourth-order valence-corrected chi connectivity index (χ4v) is 0.502. The zero-order chi connectivity index (χ0) is 8.69. The van der Waals surface area contributed by atoms with Crippen LogP contribution in [-0.4, -0.2) is 24.8 Å². The van der Waals surface area contributed by atoms with E-state index in [9.17, 15) is 4.79 Å². The molecule has 0 amide bonds. The van der Waals surface area contributed by atoms with Crippen molar-refractivity contribution in [2.75, 3.05) is 13.7 Å². The molecule has 3 nitrogen and oxygen atoms in total. The maximum absolute atomic E-state index is 10.7. The molecular formula is C8H12O3. The summed E-state index contributed by atoms with van der Waals surface area (Å²) in [7, 11) is 1.33. The predicted octanol–water partition coefficient (Wildman–Crippen LogP) is 0.654. The molecule has 0 saturated carbocycles. The number of hydrogen-bond acceptors (Lipinski definition) is 3. The van der Waals surface area contributed by atoms with Gasteiger partial charge >= 0.3 is 5.97 Å². The maximum Gasteiger partial charge on any atom is 0.333 e. The van der Waals surface area contributed by atoms with Gasteiger partial charge in [0.1, 0.15) is 0 Å². The van der Waals surface area contributed by atoms with Gasteiger partial charge in [-0.1, -0.05) is 18.2 Å². The van der Waals surface area contributed by atoms with Gasteiger partial charge in [-0.2, -0.15) is 0 Å². The Labute approximate surface area is 66.0 Å². The van der Waals surface area contributed by atoms with Crippen LogP contribution in [0.15, 0.2) is 23.8 Å². The van der Waals surface area contributed by atoms with Gasteiger partial charge in [-0.3, -0.25) is 0 Å². The van der Waals surface area contributed by atoms with Crippen molar-refractivity contribution in [2.24, 2.45) is 0 Å². The Hall–Kier alpha value is -1.09. The van der Waals surface area contributed by atoms with E-state index in [2.05, 4.69) is 4.74 Å². The number of carbonyl (C=O) groups is 1. The molecule has 1 N–H and O–H groups in total. The number of esters is 1. The zero-order valence-corrected chi connectivity index (χ0v) is 6.70. The van der Waals surface area contributed by atoms with Gasteiger partial charge in [0.25, 0.3) is 0 Å². The first kappa shape index (κ1) is 9.91. The monoisotopic (exact) mass is 156 g/mol. The van der Waals surface area contributed by atoms with E-state index >= 15 is 0 Å². The van der Waals surface area contributed by atoms with Crippen LogP contribution in [0.2, 0.25) is 0 Å². The molecule has 0 saturated heterocycles. The highest BCUT2D eigenvalue weighted by Crippen LogP contribution is 1.94. The van der Waals surface area contributed by atoms with Crippen molar-refractivity contribution < 1.29 is 14.6 Å². The van der Waals surface area contributed by atoms with Gasteiger partial charge in [-0.15, -0.1) is 0 Å². The Kier molecular flexibility index (Phi) is 5.11. The number of rotatable bonds is 3. The van der Waals surface area contributed by atoms with E-state index in [1.807, 2.05) is 0 Å². The summed E-state index contributed by atoms with van der Waals surface area (Å²) in [6.07, 6.45) is 4.72. The number of allylic oxidation sites excluding steroid dienone is 2. The van der Waals surface area contributed by atoms with Gasteiger partial charge in [0, 0.05) is 5.57 Å². The first-order valence-electron chi connectivity index (χ1n) is 3.25. The highest BCUT2D eigenvalue weighted by Gasteiger charge is 1.99. The largest absolute Gasteiger partial charge is 0.466 e. The van der Waals surface area contributed by atoms with Gasteiger partial charge in [-0.05, 0) is 6.92 Å². The Morgan fingerprint density at radius 3 is 2.73 bits per heavy atom. The summed E-state index contributed by atoms with van der Waals surface area (Å²) in [5.74, 6) is -0.354. The molecule has 11 heavy (non-hydrogen) atoms. The third-order valence-electron chi connectivity index (χ3n) is 1.10. The Balaban J connectivity index is 4.00. The molecular weight excluding hydrogens is 144 g/mol. The SMILES string of the molecule is COC(=O)/C(C)=C/C=C/CO. The number of methoxy groups -OCH3 is 1. The number of hydrogen-bond donors (Lipinski definition) is 1. The van der Waals surface area contributed by atoms with E-state index in [1.54, 1.807) is 19.1 Å². The van der Waals surface area contributed by atoms with E-state index in [-0.39, 0.29) is 12.6 Å². The molecule has 0 atom stereocenters. The van der Waals surface area contributed by atoms with Crippen LogP contribution in [0.5, 0.6) is 0 Å². The second-order valence-electron chi connectivity index (χ2n) is 1.95. The molecule has 0 bridgehead atoms. The molecule has 0 rings (SSSR count). The van der Waals surface area contributed by atoms with Crippen LogP contribution >= 0.6 is 0 Å². The fourth-order valence-electron chi connectivity index (χ4n) is 0.502. The van der Waals surface area contributed by atoms with Crippen LogP contribution in [0.3, 0.4) is 0 Å². The second-order valence-corrected chi connectivity index (χ2v) is 1.95. The normalized spacial score (nSPS) is 12.1. The molecule has 3 heteroatoms. The number of ether oxygens (including phenoxy) is 1. The molecule has 0 unspecified atom stereocenters. The van der Waals surface area contributed by atoms with E-state index in [0.717, 1.165) is 0 Å². The molecule has 0 aromatic heterocycles. The lowest BCUT2D eigenvalue weighted by molar-refractivity contribution is -0.136. The van der Waals surface area contributed by atoms with E-state index in [0.29, 0.717) is 5.57 Å². The smallest absolute Gasteiger partial charge is 0.333 e. The Bertz CT molecular complexity index is 180. The molecule has 0 radical (unpaired) electrons. The van der Waals surface area contributed by atoms with Crippen molar-refractivity contribution in [3.05, 3.63) is 23.8 Å². The first-order valence-corrected chi connectivity index (χ1v) is 3.25. The van der Waals surface area contributed by atoms with Crippen LogP contribution in [0.1, 0.15) is 6.92 Å². The second kappa shape index (κ2) is 5.68. The van der Waals surface area contributed by atoms with Gasteiger partial charge < -0.3 is 9.84 Å². The third kappa shape index (κ3) is 4.33. The minimum absolute atomic E-state index is 0.0229. The summed E-state index contributed by atoms with van der Waals surface area (Å²) in [6.45, 7) is 1.62. The molecule has 0 spiro atoms. The molecule has 0 aromatic rings. The zero-order valence-electron chi connectivity index (χ0n) is 6.70. The average molecular weight is 156 g/mol. The Morgan fingerprint density at radius 2 is 2.27 bits per heavy atom. The van der Waals surface area contributed by atoms with E-state index < -0.39 is 0 Å². The van der Waals surface area contributed by atoms with E-state index in [1.165, 1.54) is 13.2 Å². The van der Waals surface area contributed by atoms with Gasteiger partial charge in [0.05, 0.1) is 13.7 Å². The lowest BCUT2D eigenvalue weighted by Gasteiger charge is -1.94. The summed E-state index contributed by atoms with van der Waals surface area (Å²) in [6, 6.07) is 0. The molecule has 0 aromatic carbocycles. The van der Waals surface area contributed by atoms with Crippen LogP contribution in [0.25, 0.3) is 0 Å². The minimum Gasteiger partial charge on any atom is -0.466 e. The van der Waals surface area contributed by atoms with Crippen LogP contribution in [0, 0.1) is 0 Å². The molecule has 62 valence electrons. The molecule has 0 aliphatic rings. The number of aliphatic hydroxyl groups excluding tert-OH is 1. The maximum atomic E-state index is 10.7. The molecule has 0 aliphatic heterocycles. The Morgan fingerprint density at radius 1 is 1.64 bits per heavy atom. The lowest BCUT2D eigenvalue weighted by Crippen LogP contribution is -2.00. The summed E-state index contributed by atoms with van der Waals surface area (Å²) in [4.78, 5) is 10.7. The summed E-state index contributed by atoms with van der Waals surface area (Å²) in [5.41, 5.74) is 0.511.